The Morgan fingerprint density at radius 2 is 1.78 bits per heavy atom. The molecule has 0 spiro atoms. The first-order chi connectivity index (χ1) is 8.61. The van der Waals surface area contributed by atoms with E-state index in [0.717, 1.165) is 21.4 Å². The van der Waals surface area contributed by atoms with Crippen molar-refractivity contribution < 1.29 is 0 Å². The van der Waals surface area contributed by atoms with Crippen molar-refractivity contribution in [3.05, 3.63) is 58.6 Å². The van der Waals surface area contributed by atoms with Crippen LogP contribution in [0, 0.1) is 0 Å². The fraction of sp³-hybridized carbons (Fsp3) is 0.0714. The average molecular weight is 321 g/mol. The molecule has 0 saturated carbocycles. The SMILES string of the molecule is CN(c1ccccc1)c1cccc(Br)c1C(N)=S. The third kappa shape index (κ3) is 2.54. The molecule has 2 rings (SSSR count). The number of nitrogens with two attached hydrogens (primary N) is 1. The van der Waals surface area contributed by atoms with E-state index in [2.05, 4.69) is 20.8 Å². The minimum absolute atomic E-state index is 0.389. The van der Waals surface area contributed by atoms with Crippen molar-refractivity contribution in [2.24, 2.45) is 5.73 Å². The van der Waals surface area contributed by atoms with Crippen LogP contribution in [0.4, 0.5) is 11.4 Å². The lowest BCUT2D eigenvalue weighted by Gasteiger charge is -2.23. The minimum Gasteiger partial charge on any atom is -0.389 e. The number of thiocarbonyl (C=S) groups is 1. The largest absolute Gasteiger partial charge is 0.389 e. The molecule has 18 heavy (non-hydrogen) atoms. The maximum atomic E-state index is 5.81. The summed E-state index contributed by atoms with van der Waals surface area (Å²) in [4.78, 5) is 2.46. The summed E-state index contributed by atoms with van der Waals surface area (Å²) in [7, 11) is 2.00. The summed E-state index contributed by atoms with van der Waals surface area (Å²) >= 11 is 8.62. The van der Waals surface area contributed by atoms with Gasteiger partial charge in [-0.2, -0.15) is 0 Å². The van der Waals surface area contributed by atoms with Gasteiger partial charge in [-0.15, -0.1) is 0 Å². The van der Waals surface area contributed by atoms with Gasteiger partial charge in [0, 0.05) is 22.8 Å². The molecular formula is C14H13BrN2S. The molecule has 0 radical (unpaired) electrons. The molecule has 0 aliphatic heterocycles. The lowest BCUT2D eigenvalue weighted by Crippen LogP contribution is -2.18. The summed E-state index contributed by atoms with van der Waals surface area (Å²) in [5, 5.41) is 0. The summed E-state index contributed by atoms with van der Waals surface area (Å²) in [6, 6.07) is 16.0. The summed E-state index contributed by atoms with van der Waals surface area (Å²) in [6.07, 6.45) is 0. The normalized spacial score (nSPS) is 10.1. The van der Waals surface area contributed by atoms with Gasteiger partial charge in [0.15, 0.2) is 0 Å². The first-order valence-corrected chi connectivity index (χ1v) is 6.68. The molecule has 92 valence electrons. The van der Waals surface area contributed by atoms with E-state index in [1.165, 1.54) is 0 Å². The molecule has 0 unspecified atom stereocenters. The molecule has 0 bridgehead atoms. The van der Waals surface area contributed by atoms with E-state index in [1.54, 1.807) is 0 Å². The Kier molecular flexibility index (Phi) is 3.99. The zero-order valence-corrected chi connectivity index (χ0v) is 12.3. The Morgan fingerprint density at radius 1 is 1.11 bits per heavy atom. The van der Waals surface area contributed by atoms with Crippen LogP contribution in [0.3, 0.4) is 0 Å². The second-order valence-corrected chi connectivity index (χ2v) is 5.19. The third-order valence-corrected chi connectivity index (χ3v) is 3.61. The molecule has 2 aromatic carbocycles. The number of halogens is 1. The lowest BCUT2D eigenvalue weighted by atomic mass is 10.1. The highest BCUT2D eigenvalue weighted by Crippen LogP contribution is 2.31. The quantitative estimate of drug-likeness (QED) is 0.871. The van der Waals surface area contributed by atoms with E-state index in [9.17, 15) is 0 Å². The number of anilines is 2. The number of hydrogen-bond donors (Lipinski definition) is 1. The highest BCUT2D eigenvalue weighted by atomic mass is 79.9. The van der Waals surface area contributed by atoms with Gasteiger partial charge >= 0.3 is 0 Å². The predicted octanol–water partition coefficient (Wildman–Crippen LogP) is 3.85. The topological polar surface area (TPSA) is 29.3 Å². The van der Waals surface area contributed by atoms with Crippen LogP contribution in [0.1, 0.15) is 5.56 Å². The molecule has 2 aromatic rings. The number of hydrogen-bond acceptors (Lipinski definition) is 2. The Labute approximate surface area is 121 Å². The smallest absolute Gasteiger partial charge is 0.107 e. The first-order valence-electron chi connectivity index (χ1n) is 5.48. The van der Waals surface area contributed by atoms with Gasteiger partial charge in [0.1, 0.15) is 4.99 Å². The second-order valence-electron chi connectivity index (χ2n) is 3.89. The molecule has 0 aliphatic rings. The molecule has 0 heterocycles. The maximum absolute atomic E-state index is 5.81. The zero-order chi connectivity index (χ0) is 13.1. The summed E-state index contributed by atoms with van der Waals surface area (Å²) in [5.41, 5.74) is 8.75. The van der Waals surface area contributed by atoms with Crippen molar-refractivity contribution in [3.8, 4) is 0 Å². The molecule has 0 aromatic heterocycles. The lowest BCUT2D eigenvalue weighted by molar-refractivity contribution is 1.20. The molecule has 0 amide bonds. The maximum Gasteiger partial charge on any atom is 0.107 e. The minimum atomic E-state index is 0.389. The van der Waals surface area contributed by atoms with Gasteiger partial charge < -0.3 is 10.6 Å². The number of para-hydroxylation sites is 1. The van der Waals surface area contributed by atoms with Gasteiger partial charge in [0.25, 0.3) is 0 Å². The molecule has 4 heteroatoms. The van der Waals surface area contributed by atoms with Gasteiger partial charge in [-0.3, -0.25) is 0 Å². The molecular weight excluding hydrogens is 308 g/mol. The predicted molar refractivity (Wildman–Crippen MR) is 84.5 cm³/mol. The standard InChI is InChI=1S/C14H13BrN2S/c1-17(10-6-3-2-4-7-10)12-9-5-8-11(15)13(12)14(16)18/h2-9H,1H3,(H2,16,18). The monoisotopic (exact) mass is 320 g/mol. The fourth-order valence-corrected chi connectivity index (χ4v) is 2.74. The van der Waals surface area contributed by atoms with Crippen LogP contribution >= 0.6 is 28.1 Å². The van der Waals surface area contributed by atoms with Crippen molar-refractivity contribution in [2.45, 2.75) is 0 Å². The van der Waals surface area contributed by atoms with Crippen LogP contribution in [0.25, 0.3) is 0 Å². The number of rotatable bonds is 3. The van der Waals surface area contributed by atoms with Crippen LogP contribution in [-0.4, -0.2) is 12.0 Å². The van der Waals surface area contributed by atoms with Gasteiger partial charge in [-0.05, 0) is 40.2 Å². The van der Waals surface area contributed by atoms with Crippen molar-refractivity contribution in [3.63, 3.8) is 0 Å². The van der Waals surface area contributed by atoms with Crippen molar-refractivity contribution in [2.75, 3.05) is 11.9 Å². The second kappa shape index (κ2) is 5.50. The van der Waals surface area contributed by atoms with Crippen LogP contribution in [0.2, 0.25) is 0 Å². The highest BCUT2D eigenvalue weighted by molar-refractivity contribution is 9.10. The highest BCUT2D eigenvalue weighted by Gasteiger charge is 2.13. The van der Waals surface area contributed by atoms with Gasteiger partial charge in [0.2, 0.25) is 0 Å². The average Bonchev–Trinajstić information content (AvgIpc) is 2.38. The van der Waals surface area contributed by atoms with Crippen molar-refractivity contribution in [1.29, 1.82) is 0 Å². The van der Waals surface area contributed by atoms with E-state index in [1.807, 2.05) is 55.6 Å². The van der Waals surface area contributed by atoms with E-state index in [0.29, 0.717) is 4.99 Å². The molecule has 0 fully saturated rings. The number of nitrogens with zero attached hydrogens (tertiary/aromatic N) is 1. The third-order valence-electron chi connectivity index (χ3n) is 2.74. The Balaban J connectivity index is 2.52. The van der Waals surface area contributed by atoms with E-state index >= 15 is 0 Å². The first kappa shape index (κ1) is 13.1. The molecule has 0 atom stereocenters. The van der Waals surface area contributed by atoms with E-state index in [4.69, 9.17) is 18.0 Å². The van der Waals surface area contributed by atoms with E-state index < -0.39 is 0 Å². The van der Waals surface area contributed by atoms with Crippen LogP contribution < -0.4 is 10.6 Å². The zero-order valence-electron chi connectivity index (χ0n) is 9.93. The molecule has 0 saturated heterocycles. The number of benzene rings is 2. The summed E-state index contributed by atoms with van der Waals surface area (Å²) < 4.78 is 0.912. The molecule has 0 aliphatic carbocycles. The Hall–Kier alpha value is -1.39. The summed E-state index contributed by atoms with van der Waals surface area (Å²) in [6.45, 7) is 0. The fourth-order valence-electron chi connectivity index (χ4n) is 1.83. The Bertz CT molecular complexity index is 569. The molecule has 2 nitrogen and oxygen atoms in total. The van der Waals surface area contributed by atoms with Crippen LogP contribution in [-0.2, 0) is 0 Å². The van der Waals surface area contributed by atoms with Gasteiger partial charge in [-0.25, -0.2) is 0 Å². The van der Waals surface area contributed by atoms with Gasteiger partial charge in [-0.1, -0.05) is 36.5 Å². The van der Waals surface area contributed by atoms with Gasteiger partial charge in [0.05, 0.1) is 5.69 Å². The van der Waals surface area contributed by atoms with Crippen LogP contribution in [0.15, 0.2) is 53.0 Å². The van der Waals surface area contributed by atoms with Crippen LogP contribution in [0.5, 0.6) is 0 Å². The van der Waals surface area contributed by atoms with E-state index in [-0.39, 0.29) is 0 Å². The van der Waals surface area contributed by atoms with Crippen molar-refractivity contribution >= 4 is 44.5 Å². The summed E-state index contributed by atoms with van der Waals surface area (Å²) in [5.74, 6) is 0. The molecule has 2 N–H and O–H groups in total. The Morgan fingerprint density at radius 3 is 2.39 bits per heavy atom. The van der Waals surface area contributed by atoms with Crippen molar-refractivity contribution in [1.82, 2.24) is 0 Å².